The Hall–Kier alpha value is -4.11. The van der Waals surface area contributed by atoms with E-state index in [2.05, 4.69) is 114 Å². The molecule has 3 heteroatoms. The molecule has 0 aliphatic heterocycles. The Morgan fingerprint density at radius 3 is 2.60 bits per heavy atom. The summed E-state index contributed by atoms with van der Waals surface area (Å²) in [4.78, 5) is 0. The van der Waals surface area contributed by atoms with Crippen LogP contribution >= 0.6 is 0 Å². The van der Waals surface area contributed by atoms with Crippen LogP contribution in [0.25, 0.3) is 50.3 Å². The van der Waals surface area contributed by atoms with Gasteiger partial charge in [0.05, 0.1) is 16.6 Å². The van der Waals surface area contributed by atoms with E-state index in [1.54, 1.807) is 0 Å². The number of aryl methyl sites for hydroxylation is 1. The molecule has 0 radical (unpaired) electrons. The summed E-state index contributed by atoms with van der Waals surface area (Å²) < 4.78 is 4.40. The van der Waals surface area contributed by atoms with Gasteiger partial charge in [-0.25, -0.2) is 4.52 Å². The van der Waals surface area contributed by atoms with Crippen LogP contribution < -0.4 is 0 Å². The van der Waals surface area contributed by atoms with Gasteiger partial charge in [0.2, 0.25) is 0 Å². The lowest BCUT2D eigenvalue weighted by molar-refractivity contribution is 0.661. The van der Waals surface area contributed by atoms with Crippen molar-refractivity contribution in [1.82, 2.24) is 14.2 Å². The molecule has 2 aliphatic rings. The molecular weight excluding hydrogens is 426 g/mol. The topological polar surface area (TPSA) is 22.2 Å². The molecule has 3 aromatic carbocycles. The fourth-order valence-corrected chi connectivity index (χ4v) is 6.41. The molecule has 0 atom stereocenters. The molecule has 0 fully saturated rings. The number of nitrogens with zero attached hydrogens (tertiary/aromatic N) is 3. The number of allylic oxidation sites excluding steroid dienone is 1. The van der Waals surface area contributed by atoms with Crippen LogP contribution in [-0.4, -0.2) is 14.2 Å². The summed E-state index contributed by atoms with van der Waals surface area (Å²) in [6.07, 6.45) is 8.90. The molecular formula is C32H25N3. The molecule has 168 valence electrons. The minimum absolute atomic E-state index is 0.0149. The molecule has 0 unspecified atom stereocenters. The minimum Gasteiger partial charge on any atom is -0.292 e. The molecule has 2 aliphatic carbocycles. The summed E-state index contributed by atoms with van der Waals surface area (Å²) in [5.74, 6) is 0.966. The number of pyridine rings is 1. The number of para-hydroxylation sites is 1. The fourth-order valence-electron chi connectivity index (χ4n) is 6.41. The molecule has 0 bridgehead atoms. The highest BCUT2D eigenvalue weighted by Gasteiger charge is 2.36. The summed E-state index contributed by atoms with van der Waals surface area (Å²) in [5, 5.41) is 7.65. The fraction of sp³-hybridized carbons (Fsp3) is 0.156. The number of benzene rings is 3. The molecule has 6 aromatic rings. The Morgan fingerprint density at radius 1 is 0.800 bits per heavy atom. The van der Waals surface area contributed by atoms with E-state index in [0.29, 0.717) is 0 Å². The van der Waals surface area contributed by atoms with E-state index in [0.717, 1.165) is 24.2 Å². The predicted octanol–water partition coefficient (Wildman–Crippen LogP) is 7.70. The van der Waals surface area contributed by atoms with Gasteiger partial charge in [0.15, 0.2) is 5.82 Å². The van der Waals surface area contributed by atoms with E-state index in [9.17, 15) is 0 Å². The lowest BCUT2D eigenvalue weighted by Crippen LogP contribution is -2.14. The molecule has 3 aromatic heterocycles. The zero-order valence-electron chi connectivity index (χ0n) is 19.9. The molecule has 3 heterocycles. The Bertz CT molecular complexity index is 1880. The molecule has 0 spiro atoms. The highest BCUT2D eigenvalue weighted by Crippen LogP contribution is 2.50. The van der Waals surface area contributed by atoms with Gasteiger partial charge >= 0.3 is 0 Å². The smallest absolute Gasteiger partial charge is 0.160 e. The SMILES string of the molecule is CC1(C)c2ccccc2-c2cc3c(cc21)c1ccccc1n3-c1cc2cc3c(cn2n1)CCC=C3. The van der Waals surface area contributed by atoms with Crippen LogP contribution in [0.5, 0.6) is 0 Å². The van der Waals surface area contributed by atoms with Crippen molar-refractivity contribution in [3.8, 4) is 16.9 Å². The summed E-state index contributed by atoms with van der Waals surface area (Å²) >= 11 is 0. The van der Waals surface area contributed by atoms with Gasteiger partial charge in [-0.3, -0.25) is 4.57 Å². The maximum Gasteiger partial charge on any atom is 0.160 e. The van der Waals surface area contributed by atoms with Gasteiger partial charge in [0, 0.05) is 28.5 Å². The second-order valence-corrected chi connectivity index (χ2v) is 10.5. The maximum atomic E-state index is 5.09. The van der Waals surface area contributed by atoms with Crippen LogP contribution in [0.4, 0.5) is 0 Å². The number of hydrogen-bond donors (Lipinski definition) is 0. The number of rotatable bonds is 1. The number of fused-ring (bicyclic) bond motifs is 8. The molecule has 35 heavy (non-hydrogen) atoms. The van der Waals surface area contributed by atoms with Crippen molar-refractivity contribution < 1.29 is 0 Å². The van der Waals surface area contributed by atoms with Crippen molar-refractivity contribution in [2.24, 2.45) is 0 Å². The summed E-state index contributed by atoms with van der Waals surface area (Å²) in [5.41, 5.74) is 11.7. The van der Waals surface area contributed by atoms with Crippen LogP contribution in [0.1, 0.15) is 42.5 Å². The van der Waals surface area contributed by atoms with Crippen LogP contribution in [-0.2, 0) is 11.8 Å². The first-order valence-electron chi connectivity index (χ1n) is 12.5. The molecule has 3 nitrogen and oxygen atoms in total. The molecule has 0 saturated carbocycles. The summed E-state index contributed by atoms with van der Waals surface area (Å²) in [7, 11) is 0. The third-order valence-electron chi connectivity index (χ3n) is 8.19. The van der Waals surface area contributed by atoms with Crippen molar-refractivity contribution in [2.45, 2.75) is 32.1 Å². The van der Waals surface area contributed by atoms with E-state index < -0.39 is 0 Å². The average molecular weight is 452 g/mol. The van der Waals surface area contributed by atoms with Gasteiger partial charge in [0.25, 0.3) is 0 Å². The highest BCUT2D eigenvalue weighted by atomic mass is 15.3. The predicted molar refractivity (Wildman–Crippen MR) is 144 cm³/mol. The van der Waals surface area contributed by atoms with Gasteiger partial charge < -0.3 is 0 Å². The first-order chi connectivity index (χ1) is 17.1. The van der Waals surface area contributed by atoms with Crippen molar-refractivity contribution in [1.29, 1.82) is 0 Å². The van der Waals surface area contributed by atoms with Crippen molar-refractivity contribution in [2.75, 3.05) is 0 Å². The van der Waals surface area contributed by atoms with E-state index in [1.807, 2.05) is 0 Å². The van der Waals surface area contributed by atoms with E-state index in [1.165, 1.54) is 55.2 Å². The quantitative estimate of drug-likeness (QED) is 0.251. The van der Waals surface area contributed by atoms with Crippen LogP contribution in [0, 0.1) is 0 Å². The summed E-state index contributed by atoms with van der Waals surface area (Å²) in [6.45, 7) is 4.70. The highest BCUT2D eigenvalue weighted by molar-refractivity contribution is 6.11. The second kappa shape index (κ2) is 6.51. The Kier molecular flexibility index (Phi) is 3.58. The van der Waals surface area contributed by atoms with Gasteiger partial charge in [-0.1, -0.05) is 68.5 Å². The van der Waals surface area contributed by atoms with E-state index in [-0.39, 0.29) is 5.41 Å². The van der Waals surface area contributed by atoms with Gasteiger partial charge in [-0.2, -0.15) is 0 Å². The van der Waals surface area contributed by atoms with Crippen LogP contribution in [0.3, 0.4) is 0 Å². The average Bonchev–Trinajstić information content (AvgIpc) is 3.50. The lowest BCUT2D eigenvalue weighted by atomic mass is 9.82. The third kappa shape index (κ3) is 2.48. The monoisotopic (exact) mass is 451 g/mol. The Morgan fingerprint density at radius 2 is 1.66 bits per heavy atom. The minimum atomic E-state index is -0.0149. The van der Waals surface area contributed by atoms with Crippen molar-refractivity contribution >= 4 is 33.4 Å². The zero-order valence-corrected chi connectivity index (χ0v) is 19.9. The summed E-state index contributed by atoms with van der Waals surface area (Å²) in [6, 6.07) is 26.9. The molecule has 8 rings (SSSR count). The second-order valence-electron chi connectivity index (χ2n) is 10.5. The van der Waals surface area contributed by atoms with Crippen LogP contribution in [0.2, 0.25) is 0 Å². The standard InChI is InChI=1S/C32H25N3/c1-32(2)27-13-7-5-11-23(27)25-18-30-26(17-28(25)32)24-12-6-8-14-29(24)35(30)31-16-22-15-20-9-3-4-10-21(20)19-34(22)33-31/h3,5-9,11-19H,4,10H2,1-2H3. The largest absolute Gasteiger partial charge is 0.292 e. The maximum absolute atomic E-state index is 5.09. The Balaban J connectivity index is 1.46. The molecule has 0 amide bonds. The Labute approximate surface area is 203 Å². The molecule has 0 N–H and O–H groups in total. The lowest BCUT2D eigenvalue weighted by Gasteiger charge is -2.21. The first kappa shape index (κ1) is 19.2. The van der Waals surface area contributed by atoms with Crippen LogP contribution in [0.15, 0.2) is 85.1 Å². The first-order valence-corrected chi connectivity index (χ1v) is 12.5. The van der Waals surface area contributed by atoms with E-state index in [4.69, 9.17) is 5.10 Å². The number of aromatic nitrogens is 3. The van der Waals surface area contributed by atoms with E-state index >= 15 is 0 Å². The van der Waals surface area contributed by atoms with Gasteiger partial charge in [0.1, 0.15) is 0 Å². The third-order valence-corrected chi connectivity index (χ3v) is 8.19. The number of hydrogen-bond acceptors (Lipinski definition) is 1. The zero-order chi connectivity index (χ0) is 23.3. The van der Waals surface area contributed by atoms with Crippen molar-refractivity contribution in [3.63, 3.8) is 0 Å². The van der Waals surface area contributed by atoms with Gasteiger partial charge in [-0.15, -0.1) is 5.10 Å². The van der Waals surface area contributed by atoms with Crippen molar-refractivity contribution in [3.05, 3.63) is 107 Å². The molecule has 0 saturated heterocycles. The normalized spacial score (nSPS) is 15.6. The van der Waals surface area contributed by atoms with Gasteiger partial charge in [-0.05, 0) is 70.5 Å².